The number of hydrogen-bond donors (Lipinski definition) is 1. The van der Waals surface area contributed by atoms with Gasteiger partial charge in [0.25, 0.3) is 0 Å². The first kappa shape index (κ1) is 14.0. The molecule has 0 aromatic heterocycles. The van der Waals surface area contributed by atoms with Crippen LogP contribution in [0.25, 0.3) is 5.70 Å². The molecule has 0 saturated carbocycles. The number of hydrogen-bond acceptors (Lipinski definition) is 3. The Morgan fingerprint density at radius 3 is 2.47 bits per heavy atom. The molecule has 4 heteroatoms. The van der Waals surface area contributed by atoms with E-state index in [1.807, 2.05) is 18.2 Å². The summed E-state index contributed by atoms with van der Waals surface area (Å²) in [7, 11) is 1.68. The van der Waals surface area contributed by atoms with Gasteiger partial charge in [0.05, 0.1) is 18.5 Å². The zero-order valence-electron chi connectivity index (χ0n) is 10.4. The normalized spacial score (nSPS) is 12.6. The first-order valence-electron chi connectivity index (χ1n) is 5.74. The Bertz CT molecular complexity index is 595. The van der Waals surface area contributed by atoms with Crippen molar-refractivity contribution >= 4 is 40.1 Å². The molecule has 1 N–H and O–H groups in total. The number of nitrogens with one attached hydrogen (secondary N) is 1. The summed E-state index contributed by atoms with van der Waals surface area (Å²) in [4.78, 5) is 1.26. The summed E-state index contributed by atoms with van der Waals surface area (Å²) in [6.07, 6.45) is 0. The molecule has 0 fully saturated rings. The molecule has 2 aromatic carbocycles. The summed E-state index contributed by atoms with van der Waals surface area (Å²) in [6.45, 7) is 0. The molecule has 1 heterocycles. The fourth-order valence-corrected chi connectivity index (χ4v) is 2.72. The van der Waals surface area contributed by atoms with Gasteiger partial charge < -0.3 is 10.1 Å². The van der Waals surface area contributed by atoms with E-state index >= 15 is 0 Å². The van der Waals surface area contributed by atoms with Crippen molar-refractivity contribution in [1.82, 2.24) is 0 Å². The van der Waals surface area contributed by atoms with Gasteiger partial charge in [-0.1, -0.05) is 23.9 Å². The minimum absolute atomic E-state index is 0. The zero-order valence-corrected chi connectivity index (χ0v) is 13.0. The molecule has 0 bridgehead atoms. The third kappa shape index (κ3) is 2.96. The van der Waals surface area contributed by atoms with Gasteiger partial charge in [0.1, 0.15) is 5.75 Å². The molecule has 2 aromatic rings. The van der Waals surface area contributed by atoms with Crippen molar-refractivity contribution in [1.29, 1.82) is 0 Å². The molecule has 0 atom stereocenters. The van der Waals surface area contributed by atoms with Crippen LogP contribution in [0.15, 0.2) is 58.8 Å². The fraction of sp³-hybridized carbons (Fsp3) is 0.0667. The van der Waals surface area contributed by atoms with Gasteiger partial charge in [-0.05, 0) is 42.0 Å². The fourth-order valence-electron chi connectivity index (χ4n) is 1.88. The number of methoxy groups -OCH3 is 1. The van der Waals surface area contributed by atoms with Gasteiger partial charge in [-0.2, -0.15) is 0 Å². The SMILES string of the molecule is Br.COc1ccc(C2=CSc3ccccc3N2)cc1. The molecular weight excluding hydrogens is 322 g/mol. The lowest BCUT2D eigenvalue weighted by atomic mass is 10.1. The van der Waals surface area contributed by atoms with Gasteiger partial charge >= 0.3 is 0 Å². The maximum absolute atomic E-state index is 5.17. The molecule has 0 amide bonds. The second kappa shape index (κ2) is 6.17. The van der Waals surface area contributed by atoms with E-state index in [4.69, 9.17) is 4.74 Å². The largest absolute Gasteiger partial charge is 0.497 e. The number of benzene rings is 2. The van der Waals surface area contributed by atoms with Crippen molar-refractivity contribution in [2.24, 2.45) is 0 Å². The number of thioether (sulfide) groups is 1. The quantitative estimate of drug-likeness (QED) is 0.852. The van der Waals surface area contributed by atoms with Crippen molar-refractivity contribution in [2.45, 2.75) is 4.90 Å². The van der Waals surface area contributed by atoms with Crippen LogP contribution in [0.5, 0.6) is 5.75 Å². The Morgan fingerprint density at radius 2 is 1.74 bits per heavy atom. The molecule has 0 spiro atoms. The zero-order chi connectivity index (χ0) is 12.4. The van der Waals surface area contributed by atoms with E-state index in [-0.39, 0.29) is 17.0 Å². The highest BCUT2D eigenvalue weighted by molar-refractivity contribution is 8.93. The molecule has 1 aliphatic rings. The molecule has 1 aliphatic heterocycles. The van der Waals surface area contributed by atoms with Crippen LogP contribution in [0.1, 0.15) is 5.56 Å². The molecule has 19 heavy (non-hydrogen) atoms. The van der Waals surface area contributed by atoms with Crippen molar-refractivity contribution in [3.8, 4) is 5.75 Å². The predicted octanol–water partition coefficient (Wildman–Crippen LogP) is 4.79. The average Bonchev–Trinajstić information content (AvgIpc) is 2.47. The summed E-state index contributed by atoms with van der Waals surface area (Å²) in [5.41, 5.74) is 3.45. The molecule has 2 nitrogen and oxygen atoms in total. The summed E-state index contributed by atoms with van der Waals surface area (Å²) >= 11 is 1.75. The Balaban J connectivity index is 0.00000133. The van der Waals surface area contributed by atoms with Crippen LogP contribution in [0, 0.1) is 0 Å². The van der Waals surface area contributed by atoms with Crippen molar-refractivity contribution in [2.75, 3.05) is 12.4 Å². The molecule has 0 aliphatic carbocycles. The Labute approximate surface area is 127 Å². The van der Waals surface area contributed by atoms with Crippen LogP contribution in [0.4, 0.5) is 5.69 Å². The number of anilines is 1. The van der Waals surface area contributed by atoms with Gasteiger partial charge in [-0.3, -0.25) is 0 Å². The number of fused-ring (bicyclic) bond motifs is 1. The second-order valence-corrected chi connectivity index (χ2v) is 4.91. The van der Waals surface area contributed by atoms with Crippen molar-refractivity contribution < 1.29 is 4.74 Å². The lowest BCUT2D eigenvalue weighted by Crippen LogP contribution is -2.02. The number of ether oxygens (including phenoxy) is 1. The second-order valence-electron chi connectivity index (χ2n) is 4.00. The van der Waals surface area contributed by atoms with E-state index < -0.39 is 0 Å². The van der Waals surface area contributed by atoms with E-state index in [0.29, 0.717) is 0 Å². The first-order chi connectivity index (χ1) is 8.86. The minimum Gasteiger partial charge on any atom is -0.497 e. The number of para-hydroxylation sites is 1. The van der Waals surface area contributed by atoms with Crippen LogP contribution < -0.4 is 10.1 Å². The monoisotopic (exact) mass is 335 g/mol. The van der Waals surface area contributed by atoms with Crippen molar-refractivity contribution in [3.05, 3.63) is 59.5 Å². The van der Waals surface area contributed by atoms with Gasteiger partial charge in [0.15, 0.2) is 0 Å². The van der Waals surface area contributed by atoms with Crippen LogP contribution in [0.2, 0.25) is 0 Å². The Hall–Kier alpha value is -1.39. The van der Waals surface area contributed by atoms with Gasteiger partial charge in [-0.15, -0.1) is 17.0 Å². The lowest BCUT2D eigenvalue weighted by Gasteiger charge is -2.18. The highest BCUT2D eigenvalue weighted by Crippen LogP contribution is 2.37. The number of rotatable bonds is 2. The van der Waals surface area contributed by atoms with Crippen LogP contribution in [0.3, 0.4) is 0 Å². The lowest BCUT2D eigenvalue weighted by molar-refractivity contribution is 0.415. The van der Waals surface area contributed by atoms with E-state index in [1.165, 1.54) is 4.90 Å². The highest BCUT2D eigenvalue weighted by atomic mass is 79.9. The summed E-state index contributed by atoms with van der Waals surface area (Å²) in [5, 5.41) is 5.59. The molecule has 0 saturated heterocycles. The van der Waals surface area contributed by atoms with E-state index in [0.717, 1.165) is 22.7 Å². The van der Waals surface area contributed by atoms with E-state index in [9.17, 15) is 0 Å². The van der Waals surface area contributed by atoms with Crippen LogP contribution in [-0.4, -0.2) is 7.11 Å². The topological polar surface area (TPSA) is 21.3 Å². The Morgan fingerprint density at radius 1 is 1.00 bits per heavy atom. The molecular formula is C15H14BrNOS. The third-order valence-corrected chi connectivity index (χ3v) is 3.82. The molecule has 98 valence electrons. The molecule has 3 rings (SSSR count). The smallest absolute Gasteiger partial charge is 0.118 e. The summed E-state index contributed by atoms with van der Waals surface area (Å²) in [6, 6.07) is 16.4. The van der Waals surface area contributed by atoms with Gasteiger partial charge in [-0.25, -0.2) is 0 Å². The highest BCUT2D eigenvalue weighted by Gasteiger charge is 2.11. The number of halogens is 1. The van der Waals surface area contributed by atoms with Crippen molar-refractivity contribution in [3.63, 3.8) is 0 Å². The molecule has 0 unspecified atom stereocenters. The molecule has 0 radical (unpaired) electrons. The maximum Gasteiger partial charge on any atom is 0.118 e. The summed E-state index contributed by atoms with van der Waals surface area (Å²) < 4.78 is 5.17. The predicted molar refractivity (Wildman–Crippen MR) is 87.2 cm³/mol. The maximum atomic E-state index is 5.17. The third-order valence-electron chi connectivity index (χ3n) is 2.86. The first-order valence-corrected chi connectivity index (χ1v) is 6.62. The van der Waals surface area contributed by atoms with E-state index in [1.54, 1.807) is 18.9 Å². The van der Waals surface area contributed by atoms with Crippen LogP contribution >= 0.6 is 28.7 Å². The van der Waals surface area contributed by atoms with Gasteiger partial charge in [0.2, 0.25) is 0 Å². The Kier molecular flexibility index (Phi) is 4.56. The standard InChI is InChI=1S/C15H13NOS.BrH/c1-17-12-8-6-11(7-9-12)14-10-18-15-5-3-2-4-13(15)16-14;/h2-10,16H,1H3;1H. The van der Waals surface area contributed by atoms with E-state index in [2.05, 4.69) is 41.1 Å². The van der Waals surface area contributed by atoms with Gasteiger partial charge in [0, 0.05) is 10.3 Å². The minimum atomic E-state index is 0. The van der Waals surface area contributed by atoms with Crippen LogP contribution in [-0.2, 0) is 0 Å². The average molecular weight is 336 g/mol. The summed E-state index contributed by atoms with van der Waals surface area (Å²) in [5.74, 6) is 0.878.